The van der Waals surface area contributed by atoms with Gasteiger partial charge in [0, 0.05) is 16.3 Å². The number of thioether (sulfide) groups is 1. The fourth-order valence-corrected chi connectivity index (χ4v) is 3.97. The Morgan fingerprint density at radius 3 is 2.52 bits per heavy atom. The van der Waals surface area contributed by atoms with Crippen molar-refractivity contribution in [1.82, 2.24) is 0 Å². The summed E-state index contributed by atoms with van der Waals surface area (Å²) in [5.41, 5.74) is 4.70. The Balaban J connectivity index is 1.55. The number of nitrogens with one attached hydrogen (secondary N) is 3. The molecule has 0 unspecified atom stereocenters. The van der Waals surface area contributed by atoms with E-state index in [2.05, 4.69) is 22.0 Å². The van der Waals surface area contributed by atoms with E-state index >= 15 is 0 Å². The summed E-state index contributed by atoms with van der Waals surface area (Å²) < 4.78 is 5.33. The molecule has 0 saturated heterocycles. The van der Waals surface area contributed by atoms with Gasteiger partial charge in [-0.25, -0.2) is 0 Å². The highest BCUT2D eigenvalue weighted by molar-refractivity contribution is 8.00. The predicted molar refractivity (Wildman–Crippen MR) is 135 cm³/mol. The molecule has 0 aliphatic rings. The van der Waals surface area contributed by atoms with Gasteiger partial charge < -0.3 is 20.7 Å². The van der Waals surface area contributed by atoms with Gasteiger partial charge in [0.1, 0.15) is 5.75 Å². The van der Waals surface area contributed by atoms with Crippen molar-refractivity contribution in [3.63, 3.8) is 0 Å². The zero-order valence-corrected chi connectivity index (χ0v) is 19.3. The maximum Gasteiger partial charge on any atom is 0.234 e. The number of ether oxygens (including phenoxy) is 1. The topological polar surface area (TPSA) is 62.4 Å². The number of methoxy groups -OCH3 is 1. The van der Waals surface area contributed by atoms with E-state index in [0.29, 0.717) is 16.6 Å². The molecule has 31 heavy (non-hydrogen) atoms. The molecule has 160 valence electrons. The maximum atomic E-state index is 12.4. The number of anilines is 3. The zero-order valence-electron chi connectivity index (χ0n) is 17.7. The first kappa shape index (κ1) is 22.7. The number of thiocarbonyl (C=S) groups is 1. The number of amides is 1. The largest absolute Gasteiger partial charge is 0.495 e. The predicted octanol–water partition coefficient (Wildman–Crippen LogP) is 5.85. The number of rotatable bonds is 7. The number of para-hydroxylation sites is 2. The third kappa shape index (κ3) is 6.73. The van der Waals surface area contributed by atoms with Gasteiger partial charge in [-0.15, -0.1) is 11.8 Å². The summed E-state index contributed by atoms with van der Waals surface area (Å²) in [5, 5.41) is 9.75. The van der Waals surface area contributed by atoms with E-state index in [1.54, 1.807) is 7.11 Å². The number of benzene rings is 3. The summed E-state index contributed by atoms with van der Waals surface area (Å²) in [4.78, 5) is 13.3. The van der Waals surface area contributed by atoms with E-state index in [9.17, 15) is 4.79 Å². The van der Waals surface area contributed by atoms with Gasteiger partial charge in [0.2, 0.25) is 5.91 Å². The van der Waals surface area contributed by atoms with Crippen molar-refractivity contribution in [1.29, 1.82) is 0 Å². The molecule has 0 atom stereocenters. The average molecular weight is 452 g/mol. The van der Waals surface area contributed by atoms with Crippen molar-refractivity contribution in [3.05, 3.63) is 77.9 Å². The Morgan fingerprint density at radius 2 is 1.74 bits per heavy atom. The molecule has 7 heteroatoms. The highest BCUT2D eigenvalue weighted by atomic mass is 32.2. The van der Waals surface area contributed by atoms with Crippen LogP contribution in [0, 0.1) is 13.8 Å². The zero-order chi connectivity index (χ0) is 22.2. The van der Waals surface area contributed by atoms with E-state index in [-0.39, 0.29) is 5.91 Å². The Labute approximate surface area is 192 Å². The van der Waals surface area contributed by atoms with Crippen LogP contribution >= 0.6 is 24.0 Å². The molecule has 0 bridgehead atoms. The number of hydrogen-bond donors (Lipinski definition) is 3. The lowest BCUT2D eigenvalue weighted by Gasteiger charge is -2.14. The minimum Gasteiger partial charge on any atom is -0.495 e. The summed E-state index contributed by atoms with van der Waals surface area (Å²) in [6.45, 7) is 4.03. The Hall–Kier alpha value is -3.03. The van der Waals surface area contributed by atoms with Crippen LogP contribution in [-0.2, 0) is 4.79 Å². The third-order valence-corrected chi connectivity index (χ3v) is 5.67. The van der Waals surface area contributed by atoms with Crippen molar-refractivity contribution >= 4 is 52.1 Å². The lowest BCUT2D eigenvalue weighted by molar-refractivity contribution is -0.113. The fourth-order valence-electron chi connectivity index (χ4n) is 2.99. The molecular formula is C24H25N3O2S2. The lowest BCUT2D eigenvalue weighted by atomic mass is 10.1. The van der Waals surface area contributed by atoms with Crippen LogP contribution in [0.3, 0.4) is 0 Å². The molecule has 0 fully saturated rings. The first-order chi connectivity index (χ1) is 14.9. The molecule has 3 aromatic rings. The molecule has 0 saturated carbocycles. The van der Waals surface area contributed by atoms with Gasteiger partial charge in [0.15, 0.2) is 5.11 Å². The Morgan fingerprint density at radius 1 is 0.935 bits per heavy atom. The second kappa shape index (κ2) is 10.8. The third-order valence-electron chi connectivity index (χ3n) is 4.47. The van der Waals surface area contributed by atoms with Crippen LogP contribution in [0.2, 0.25) is 0 Å². The van der Waals surface area contributed by atoms with Gasteiger partial charge in [-0.1, -0.05) is 35.9 Å². The fraction of sp³-hybridized carbons (Fsp3) is 0.167. The molecule has 3 rings (SSSR count). The van der Waals surface area contributed by atoms with E-state index in [0.717, 1.165) is 27.5 Å². The quantitative estimate of drug-likeness (QED) is 0.309. The van der Waals surface area contributed by atoms with Gasteiger partial charge in [-0.05, 0) is 68.0 Å². The average Bonchev–Trinajstić information content (AvgIpc) is 2.75. The molecule has 3 aromatic carbocycles. The number of aryl methyl sites for hydroxylation is 2. The lowest BCUT2D eigenvalue weighted by Crippen LogP contribution is -2.19. The number of hydrogen-bond acceptors (Lipinski definition) is 4. The highest BCUT2D eigenvalue weighted by Gasteiger charge is 2.08. The number of carbonyl (C=O) groups is 1. The molecule has 3 N–H and O–H groups in total. The first-order valence-electron chi connectivity index (χ1n) is 9.75. The molecule has 0 radical (unpaired) electrons. The van der Waals surface area contributed by atoms with Crippen LogP contribution in [0.25, 0.3) is 0 Å². The van der Waals surface area contributed by atoms with E-state index in [1.165, 1.54) is 17.3 Å². The summed E-state index contributed by atoms with van der Waals surface area (Å²) in [6, 6.07) is 21.3. The Kier molecular flexibility index (Phi) is 7.92. The summed E-state index contributed by atoms with van der Waals surface area (Å²) in [6.07, 6.45) is 0. The van der Waals surface area contributed by atoms with Crippen molar-refractivity contribution in [3.8, 4) is 5.75 Å². The summed E-state index contributed by atoms with van der Waals surface area (Å²) >= 11 is 6.89. The minimum atomic E-state index is -0.0383. The van der Waals surface area contributed by atoms with Crippen molar-refractivity contribution in [2.75, 3.05) is 28.8 Å². The molecule has 0 aliphatic carbocycles. The minimum absolute atomic E-state index is 0.0383. The Bertz CT molecular complexity index is 1090. The molecule has 0 spiro atoms. The van der Waals surface area contributed by atoms with Gasteiger partial charge in [0.25, 0.3) is 0 Å². The van der Waals surface area contributed by atoms with E-state index in [1.807, 2.05) is 74.5 Å². The standard InChI is InChI=1S/C24H25N3O2S2/c1-16-11-12-20(17(2)13-16)26-23(28)15-31-19-8-6-7-18(14-19)25-24(30)27-21-9-4-5-10-22(21)29-3/h4-14H,15H2,1-3H3,(H,26,28)(H2,25,27,30). The van der Waals surface area contributed by atoms with Gasteiger partial charge in [-0.3, -0.25) is 4.79 Å². The van der Waals surface area contributed by atoms with Crippen molar-refractivity contribution in [2.24, 2.45) is 0 Å². The molecule has 0 aliphatic heterocycles. The van der Waals surface area contributed by atoms with Gasteiger partial charge in [-0.2, -0.15) is 0 Å². The smallest absolute Gasteiger partial charge is 0.234 e. The van der Waals surface area contributed by atoms with Crippen LogP contribution in [0.4, 0.5) is 17.1 Å². The SMILES string of the molecule is COc1ccccc1NC(=S)Nc1cccc(SCC(=O)Nc2ccc(C)cc2C)c1. The molecule has 1 amide bonds. The second-order valence-electron chi connectivity index (χ2n) is 6.96. The first-order valence-corrected chi connectivity index (χ1v) is 11.1. The highest BCUT2D eigenvalue weighted by Crippen LogP contribution is 2.25. The van der Waals surface area contributed by atoms with E-state index < -0.39 is 0 Å². The van der Waals surface area contributed by atoms with Gasteiger partial charge >= 0.3 is 0 Å². The monoisotopic (exact) mass is 451 g/mol. The summed E-state index contributed by atoms with van der Waals surface area (Å²) in [7, 11) is 1.62. The molecule has 0 heterocycles. The van der Waals surface area contributed by atoms with Crippen LogP contribution < -0.4 is 20.7 Å². The number of carbonyl (C=O) groups excluding carboxylic acids is 1. The van der Waals surface area contributed by atoms with Crippen molar-refractivity contribution in [2.45, 2.75) is 18.7 Å². The normalized spacial score (nSPS) is 10.3. The van der Waals surface area contributed by atoms with Crippen LogP contribution in [-0.4, -0.2) is 23.9 Å². The van der Waals surface area contributed by atoms with Crippen LogP contribution in [0.1, 0.15) is 11.1 Å². The van der Waals surface area contributed by atoms with Crippen molar-refractivity contribution < 1.29 is 9.53 Å². The van der Waals surface area contributed by atoms with Crippen LogP contribution in [0.5, 0.6) is 5.75 Å². The van der Waals surface area contributed by atoms with Crippen LogP contribution in [0.15, 0.2) is 71.6 Å². The van der Waals surface area contributed by atoms with E-state index in [4.69, 9.17) is 17.0 Å². The second-order valence-corrected chi connectivity index (χ2v) is 8.42. The molecular weight excluding hydrogens is 426 g/mol. The maximum absolute atomic E-state index is 12.4. The summed E-state index contributed by atoms with van der Waals surface area (Å²) in [5.74, 6) is 0.996. The van der Waals surface area contributed by atoms with Gasteiger partial charge in [0.05, 0.1) is 18.6 Å². The molecule has 0 aromatic heterocycles. The molecule has 5 nitrogen and oxygen atoms in total.